The molecule has 0 aliphatic carbocycles. The van der Waals surface area contributed by atoms with Gasteiger partial charge in [-0.3, -0.25) is 0 Å². The lowest BCUT2D eigenvalue weighted by molar-refractivity contribution is 0.190. The fourth-order valence-electron chi connectivity index (χ4n) is 1.71. The van der Waals surface area contributed by atoms with Gasteiger partial charge in [0.25, 0.3) is 0 Å². The van der Waals surface area contributed by atoms with Crippen LogP contribution in [0.2, 0.25) is 0 Å². The van der Waals surface area contributed by atoms with Crippen molar-refractivity contribution in [1.29, 1.82) is 0 Å². The number of thiazole rings is 1. The van der Waals surface area contributed by atoms with Gasteiger partial charge in [-0.05, 0) is 25.5 Å². The summed E-state index contributed by atoms with van der Waals surface area (Å²) < 4.78 is 6.71. The van der Waals surface area contributed by atoms with Crippen LogP contribution in [-0.4, -0.2) is 10.1 Å². The van der Waals surface area contributed by atoms with Crippen molar-refractivity contribution in [3.8, 4) is 5.75 Å². The number of hydrogen-bond donors (Lipinski definition) is 1. The second kappa shape index (κ2) is 6.50. The van der Waals surface area contributed by atoms with Gasteiger partial charge in [0, 0.05) is 15.4 Å². The standard InChI is InChI=1S/C14H16BrNO2S/c1-3-14-16-11(8-19-14)7-18-13-6-10(15)4-5-12(13)9(2)17/h4-6,8-9,17H,3,7H2,1-2H3. The van der Waals surface area contributed by atoms with Gasteiger partial charge >= 0.3 is 0 Å². The zero-order valence-corrected chi connectivity index (χ0v) is 13.3. The number of hydrogen-bond acceptors (Lipinski definition) is 4. The highest BCUT2D eigenvalue weighted by molar-refractivity contribution is 9.10. The minimum Gasteiger partial charge on any atom is -0.487 e. The van der Waals surface area contributed by atoms with E-state index in [0.717, 1.165) is 27.2 Å². The normalized spacial score (nSPS) is 12.4. The molecule has 2 aromatic rings. The first kappa shape index (κ1) is 14.5. The molecule has 0 saturated carbocycles. The van der Waals surface area contributed by atoms with Gasteiger partial charge in [-0.25, -0.2) is 4.98 Å². The van der Waals surface area contributed by atoms with Crippen molar-refractivity contribution >= 4 is 27.3 Å². The second-order valence-corrected chi connectivity index (χ2v) is 6.09. The zero-order chi connectivity index (χ0) is 13.8. The molecule has 0 radical (unpaired) electrons. The fourth-order valence-corrected chi connectivity index (χ4v) is 2.78. The summed E-state index contributed by atoms with van der Waals surface area (Å²) in [5, 5.41) is 12.9. The van der Waals surface area contributed by atoms with Crippen LogP contribution in [-0.2, 0) is 13.0 Å². The molecule has 1 heterocycles. The predicted molar refractivity (Wildman–Crippen MR) is 80.6 cm³/mol. The fraction of sp³-hybridized carbons (Fsp3) is 0.357. The van der Waals surface area contributed by atoms with Crippen molar-refractivity contribution in [3.63, 3.8) is 0 Å². The highest BCUT2D eigenvalue weighted by atomic mass is 79.9. The van der Waals surface area contributed by atoms with Crippen molar-refractivity contribution in [3.05, 3.63) is 44.3 Å². The number of aromatic nitrogens is 1. The molecule has 1 N–H and O–H groups in total. The first-order valence-electron chi connectivity index (χ1n) is 6.13. The van der Waals surface area contributed by atoms with E-state index in [4.69, 9.17) is 4.74 Å². The lowest BCUT2D eigenvalue weighted by atomic mass is 10.1. The molecule has 0 fully saturated rings. The number of aryl methyl sites for hydroxylation is 1. The van der Waals surface area contributed by atoms with E-state index in [0.29, 0.717) is 12.4 Å². The topological polar surface area (TPSA) is 42.4 Å². The van der Waals surface area contributed by atoms with E-state index in [9.17, 15) is 5.11 Å². The largest absolute Gasteiger partial charge is 0.487 e. The maximum Gasteiger partial charge on any atom is 0.131 e. The van der Waals surface area contributed by atoms with Crippen molar-refractivity contribution in [2.45, 2.75) is 33.0 Å². The average Bonchev–Trinajstić information content (AvgIpc) is 2.84. The first-order chi connectivity index (χ1) is 9.10. The number of aliphatic hydroxyl groups is 1. The van der Waals surface area contributed by atoms with Gasteiger partial charge in [0.2, 0.25) is 0 Å². The number of aliphatic hydroxyl groups excluding tert-OH is 1. The Morgan fingerprint density at radius 1 is 1.47 bits per heavy atom. The maximum absolute atomic E-state index is 9.73. The summed E-state index contributed by atoms with van der Waals surface area (Å²) in [6.07, 6.45) is 0.394. The predicted octanol–water partition coefficient (Wildman–Crippen LogP) is 4.10. The molecule has 0 aliphatic heterocycles. The Balaban J connectivity index is 2.12. The molecule has 0 saturated heterocycles. The Kier molecular flexibility index (Phi) is 4.96. The van der Waals surface area contributed by atoms with Gasteiger partial charge < -0.3 is 9.84 Å². The van der Waals surface area contributed by atoms with Crippen molar-refractivity contribution in [2.24, 2.45) is 0 Å². The minimum absolute atomic E-state index is 0.423. The van der Waals surface area contributed by atoms with E-state index in [1.807, 2.05) is 23.6 Å². The van der Waals surface area contributed by atoms with E-state index in [1.165, 1.54) is 0 Å². The van der Waals surface area contributed by atoms with Crippen molar-refractivity contribution in [2.75, 3.05) is 0 Å². The van der Waals surface area contributed by atoms with E-state index in [-0.39, 0.29) is 0 Å². The average molecular weight is 342 g/mol. The lowest BCUT2D eigenvalue weighted by Gasteiger charge is -2.13. The van der Waals surface area contributed by atoms with Crippen LogP contribution in [0.5, 0.6) is 5.75 Å². The van der Waals surface area contributed by atoms with Crippen LogP contribution in [0.3, 0.4) is 0 Å². The molecule has 2 rings (SSSR count). The molecule has 1 aromatic heterocycles. The summed E-state index contributed by atoms with van der Waals surface area (Å²) in [5.41, 5.74) is 1.72. The molecule has 3 nitrogen and oxygen atoms in total. The summed E-state index contributed by atoms with van der Waals surface area (Å²) in [6.45, 7) is 4.24. The molecular weight excluding hydrogens is 326 g/mol. The van der Waals surface area contributed by atoms with Crippen LogP contribution in [0, 0.1) is 0 Å². The molecule has 1 aromatic carbocycles. The molecule has 102 valence electrons. The smallest absolute Gasteiger partial charge is 0.131 e. The van der Waals surface area contributed by atoms with Gasteiger partial charge in [0.1, 0.15) is 12.4 Å². The molecule has 0 aliphatic rings. The Morgan fingerprint density at radius 3 is 2.89 bits per heavy atom. The Labute approximate surface area is 125 Å². The highest BCUT2D eigenvalue weighted by Crippen LogP contribution is 2.29. The zero-order valence-electron chi connectivity index (χ0n) is 10.9. The lowest BCUT2D eigenvalue weighted by Crippen LogP contribution is -2.01. The van der Waals surface area contributed by atoms with Crippen molar-refractivity contribution < 1.29 is 9.84 Å². The molecule has 1 unspecified atom stereocenters. The Bertz CT molecular complexity index is 554. The summed E-state index contributed by atoms with van der Waals surface area (Å²) >= 11 is 5.06. The van der Waals surface area contributed by atoms with Crippen molar-refractivity contribution in [1.82, 2.24) is 4.98 Å². The van der Waals surface area contributed by atoms with Gasteiger partial charge in [0.05, 0.1) is 16.8 Å². The van der Waals surface area contributed by atoms with Crippen LogP contribution in [0.1, 0.15) is 36.2 Å². The summed E-state index contributed by atoms with van der Waals surface area (Å²) in [6, 6.07) is 5.63. The second-order valence-electron chi connectivity index (χ2n) is 4.23. The number of halogens is 1. The first-order valence-corrected chi connectivity index (χ1v) is 7.81. The molecule has 19 heavy (non-hydrogen) atoms. The van der Waals surface area contributed by atoms with E-state index in [2.05, 4.69) is 27.8 Å². The molecule has 1 atom stereocenters. The van der Waals surface area contributed by atoms with Crippen LogP contribution < -0.4 is 4.74 Å². The van der Waals surface area contributed by atoms with Crippen LogP contribution >= 0.6 is 27.3 Å². The van der Waals surface area contributed by atoms with Gasteiger partial charge in [-0.2, -0.15) is 0 Å². The number of nitrogens with zero attached hydrogens (tertiary/aromatic N) is 1. The third kappa shape index (κ3) is 3.78. The third-order valence-corrected chi connectivity index (χ3v) is 4.24. The Morgan fingerprint density at radius 2 is 2.26 bits per heavy atom. The summed E-state index contributed by atoms with van der Waals surface area (Å²) in [5.74, 6) is 0.690. The molecule has 0 bridgehead atoms. The van der Waals surface area contributed by atoms with E-state index >= 15 is 0 Å². The molecule has 0 amide bonds. The quantitative estimate of drug-likeness (QED) is 0.890. The third-order valence-electron chi connectivity index (χ3n) is 2.70. The van der Waals surface area contributed by atoms with E-state index in [1.54, 1.807) is 18.3 Å². The molecular formula is C14H16BrNO2S. The molecule has 0 spiro atoms. The summed E-state index contributed by atoms with van der Waals surface area (Å²) in [4.78, 5) is 4.46. The minimum atomic E-state index is -0.551. The molecule has 5 heteroatoms. The Hall–Kier alpha value is -0.910. The summed E-state index contributed by atoms with van der Waals surface area (Å²) in [7, 11) is 0. The van der Waals surface area contributed by atoms with E-state index < -0.39 is 6.10 Å². The number of ether oxygens (including phenoxy) is 1. The number of benzene rings is 1. The van der Waals surface area contributed by atoms with Gasteiger partial charge in [0.15, 0.2) is 0 Å². The van der Waals surface area contributed by atoms with Gasteiger partial charge in [-0.15, -0.1) is 11.3 Å². The van der Waals surface area contributed by atoms with Crippen LogP contribution in [0.4, 0.5) is 0 Å². The van der Waals surface area contributed by atoms with Gasteiger partial charge in [-0.1, -0.05) is 28.9 Å². The SMILES string of the molecule is CCc1nc(COc2cc(Br)ccc2C(C)O)cs1. The monoisotopic (exact) mass is 341 g/mol. The van der Waals surface area contributed by atoms with Crippen LogP contribution in [0.15, 0.2) is 28.1 Å². The maximum atomic E-state index is 9.73. The van der Waals surface area contributed by atoms with Crippen LogP contribution in [0.25, 0.3) is 0 Å². The highest BCUT2D eigenvalue weighted by Gasteiger charge is 2.10. The number of rotatable bonds is 5.